The molecule has 0 amide bonds. The predicted molar refractivity (Wildman–Crippen MR) is 74.3 cm³/mol. The molecule has 1 atom stereocenters. The van der Waals surface area contributed by atoms with E-state index < -0.39 is 0 Å². The first-order chi connectivity index (χ1) is 9.31. The average Bonchev–Trinajstić information content (AvgIpc) is 2.98. The van der Waals surface area contributed by atoms with E-state index >= 15 is 0 Å². The number of hydrogen-bond acceptors (Lipinski definition) is 4. The van der Waals surface area contributed by atoms with Crippen molar-refractivity contribution in [3.8, 4) is 5.69 Å². The van der Waals surface area contributed by atoms with Crippen LogP contribution in [0, 0.1) is 0 Å². The summed E-state index contributed by atoms with van der Waals surface area (Å²) in [6.07, 6.45) is 3.40. The van der Waals surface area contributed by atoms with Crippen LogP contribution in [0.3, 0.4) is 0 Å². The van der Waals surface area contributed by atoms with Crippen LogP contribution in [0.5, 0.6) is 0 Å². The molecule has 2 rings (SSSR count). The molecule has 0 aliphatic heterocycles. The van der Waals surface area contributed by atoms with Gasteiger partial charge in [0.2, 0.25) is 0 Å². The largest absolute Gasteiger partial charge is 0.380 e. The Balaban J connectivity index is 1.98. The molecule has 0 bridgehead atoms. The van der Waals surface area contributed by atoms with Gasteiger partial charge in [0.25, 0.3) is 0 Å². The van der Waals surface area contributed by atoms with Crippen LogP contribution in [-0.2, 0) is 4.74 Å². The fourth-order valence-electron chi connectivity index (χ4n) is 1.90. The van der Waals surface area contributed by atoms with Gasteiger partial charge in [0.15, 0.2) is 0 Å². The highest BCUT2D eigenvalue weighted by Crippen LogP contribution is 2.16. The third-order valence-corrected chi connectivity index (χ3v) is 2.99. The zero-order valence-electron chi connectivity index (χ0n) is 11.4. The molecule has 1 heterocycles. The molecule has 102 valence electrons. The molecule has 0 spiro atoms. The van der Waals surface area contributed by atoms with E-state index in [2.05, 4.69) is 34.6 Å². The van der Waals surface area contributed by atoms with Crippen molar-refractivity contribution >= 4 is 0 Å². The number of nitrogens with one attached hydrogen (secondary N) is 1. The van der Waals surface area contributed by atoms with Gasteiger partial charge in [-0.15, -0.1) is 10.2 Å². The Hall–Kier alpha value is -1.72. The zero-order chi connectivity index (χ0) is 13.5. The van der Waals surface area contributed by atoms with Crippen molar-refractivity contribution in [2.24, 2.45) is 0 Å². The lowest BCUT2D eigenvalue weighted by molar-refractivity contribution is 0.147. The van der Waals surface area contributed by atoms with Gasteiger partial charge in [0, 0.05) is 24.9 Å². The van der Waals surface area contributed by atoms with Crippen molar-refractivity contribution in [1.82, 2.24) is 20.1 Å². The summed E-state index contributed by atoms with van der Waals surface area (Å²) >= 11 is 0. The van der Waals surface area contributed by atoms with Crippen molar-refractivity contribution in [3.63, 3.8) is 0 Å². The van der Waals surface area contributed by atoms with Gasteiger partial charge >= 0.3 is 0 Å². The molecule has 2 aromatic rings. The van der Waals surface area contributed by atoms with Crippen molar-refractivity contribution in [2.75, 3.05) is 19.8 Å². The van der Waals surface area contributed by atoms with E-state index in [4.69, 9.17) is 4.74 Å². The van der Waals surface area contributed by atoms with Crippen molar-refractivity contribution in [3.05, 3.63) is 42.5 Å². The molecule has 1 unspecified atom stereocenters. The normalized spacial score (nSPS) is 12.5. The summed E-state index contributed by atoms with van der Waals surface area (Å²) in [5.41, 5.74) is 2.31. The molecule has 19 heavy (non-hydrogen) atoms. The molecule has 1 aromatic carbocycles. The van der Waals surface area contributed by atoms with Crippen LogP contribution in [0.25, 0.3) is 5.69 Å². The summed E-state index contributed by atoms with van der Waals surface area (Å²) in [5.74, 6) is 0. The molecule has 0 saturated carbocycles. The van der Waals surface area contributed by atoms with Gasteiger partial charge in [0.05, 0.1) is 6.61 Å². The topological polar surface area (TPSA) is 52.0 Å². The monoisotopic (exact) mass is 260 g/mol. The van der Waals surface area contributed by atoms with E-state index in [0.29, 0.717) is 0 Å². The lowest BCUT2D eigenvalue weighted by Crippen LogP contribution is -2.23. The van der Waals surface area contributed by atoms with Crippen molar-refractivity contribution < 1.29 is 4.74 Å². The zero-order valence-corrected chi connectivity index (χ0v) is 11.4. The van der Waals surface area contributed by atoms with Gasteiger partial charge in [-0.05, 0) is 31.5 Å². The minimum absolute atomic E-state index is 0.289. The summed E-state index contributed by atoms with van der Waals surface area (Å²) in [7, 11) is 0. The highest BCUT2D eigenvalue weighted by Gasteiger charge is 2.05. The third kappa shape index (κ3) is 3.87. The van der Waals surface area contributed by atoms with Gasteiger partial charge in [-0.3, -0.25) is 4.57 Å². The highest BCUT2D eigenvalue weighted by atomic mass is 16.5. The lowest BCUT2D eigenvalue weighted by atomic mass is 10.1. The first kappa shape index (κ1) is 13.7. The number of nitrogens with zero attached hydrogens (tertiary/aromatic N) is 3. The maximum atomic E-state index is 5.32. The standard InChI is InChI=1S/C14H20N4O/c1-3-19-8-7-15-12(2)13-5-4-6-14(9-13)18-10-16-17-11-18/h4-6,9-12,15H,3,7-8H2,1-2H3. The molecule has 5 heteroatoms. The fourth-order valence-corrected chi connectivity index (χ4v) is 1.90. The van der Waals surface area contributed by atoms with Gasteiger partial charge in [-0.1, -0.05) is 12.1 Å². The quantitative estimate of drug-likeness (QED) is 0.773. The Morgan fingerprint density at radius 2 is 2.11 bits per heavy atom. The third-order valence-electron chi connectivity index (χ3n) is 2.99. The van der Waals surface area contributed by atoms with Gasteiger partial charge < -0.3 is 10.1 Å². The van der Waals surface area contributed by atoms with E-state index in [0.717, 1.165) is 25.4 Å². The van der Waals surface area contributed by atoms with Crippen LogP contribution >= 0.6 is 0 Å². The average molecular weight is 260 g/mol. The molecule has 5 nitrogen and oxygen atoms in total. The highest BCUT2D eigenvalue weighted by molar-refractivity contribution is 5.36. The maximum Gasteiger partial charge on any atom is 0.123 e. The van der Waals surface area contributed by atoms with Crippen molar-refractivity contribution in [1.29, 1.82) is 0 Å². The Kier molecular flexibility index (Phi) is 5.06. The molecule has 0 aliphatic rings. The molecule has 0 saturated heterocycles. The smallest absolute Gasteiger partial charge is 0.123 e. The van der Waals surface area contributed by atoms with E-state index in [-0.39, 0.29) is 6.04 Å². The van der Waals surface area contributed by atoms with Crippen LogP contribution in [0.1, 0.15) is 25.5 Å². The number of aromatic nitrogens is 3. The number of rotatable bonds is 7. The predicted octanol–water partition coefficient (Wildman–Crippen LogP) is 1.95. The molecular formula is C14H20N4O. The summed E-state index contributed by atoms with van der Waals surface area (Å²) in [6, 6.07) is 8.64. The van der Waals surface area contributed by atoms with Gasteiger partial charge in [-0.2, -0.15) is 0 Å². The lowest BCUT2D eigenvalue weighted by Gasteiger charge is -2.15. The minimum Gasteiger partial charge on any atom is -0.380 e. The molecule has 0 radical (unpaired) electrons. The van der Waals surface area contributed by atoms with Crippen LogP contribution in [0.15, 0.2) is 36.9 Å². The maximum absolute atomic E-state index is 5.32. The Labute approximate surface area is 113 Å². The first-order valence-electron chi connectivity index (χ1n) is 6.57. The van der Waals surface area contributed by atoms with Crippen LogP contribution in [0.4, 0.5) is 0 Å². The summed E-state index contributed by atoms with van der Waals surface area (Å²) in [6.45, 7) is 6.51. The Bertz CT molecular complexity index is 484. The van der Waals surface area contributed by atoms with Crippen LogP contribution in [-0.4, -0.2) is 34.5 Å². The van der Waals surface area contributed by atoms with Crippen LogP contribution in [0.2, 0.25) is 0 Å². The second-order valence-electron chi connectivity index (χ2n) is 4.34. The number of benzene rings is 1. The molecule has 1 aromatic heterocycles. The van der Waals surface area contributed by atoms with Gasteiger partial charge in [-0.25, -0.2) is 0 Å². The van der Waals surface area contributed by atoms with E-state index in [1.54, 1.807) is 12.7 Å². The summed E-state index contributed by atoms with van der Waals surface area (Å²) in [4.78, 5) is 0. The van der Waals surface area contributed by atoms with E-state index in [1.165, 1.54) is 5.56 Å². The van der Waals surface area contributed by atoms with Gasteiger partial charge in [0.1, 0.15) is 12.7 Å². The second-order valence-corrected chi connectivity index (χ2v) is 4.34. The molecule has 1 N–H and O–H groups in total. The number of ether oxygens (including phenoxy) is 1. The summed E-state index contributed by atoms with van der Waals surface area (Å²) < 4.78 is 7.22. The SMILES string of the molecule is CCOCCNC(C)c1cccc(-n2cnnc2)c1. The van der Waals surface area contributed by atoms with Crippen molar-refractivity contribution in [2.45, 2.75) is 19.9 Å². The Morgan fingerprint density at radius 3 is 2.84 bits per heavy atom. The van der Waals surface area contributed by atoms with E-state index in [9.17, 15) is 0 Å². The number of hydrogen-bond donors (Lipinski definition) is 1. The molecular weight excluding hydrogens is 240 g/mol. The molecule has 0 fully saturated rings. The molecule has 0 aliphatic carbocycles. The Morgan fingerprint density at radius 1 is 1.32 bits per heavy atom. The van der Waals surface area contributed by atoms with Crippen LogP contribution < -0.4 is 5.32 Å². The fraction of sp³-hybridized carbons (Fsp3) is 0.429. The van der Waals surface area contributed by atoms with E-state index in [1.807, 2.05) is 23.6 Å². The minimum atomic E-state index is 0.289. The summed E-state index contributed by atoms with van der Waals surface area (Å²) in [5, 5.41) is 11.1. The first-order valence-corrected chi connectivity index (χ1v) is 6.57. The second kappa shape index (κ2) is 7.01.